The maximum absolute atomic E-state index is 11.8. The Bertz CT molecular complexity index is 463. The molecule has 0 bridgehead atoms. The fourth-order valence-corrected chi connectivity index (χ4v) is 2.36. The van der Waals surface area contributed by atoms with Gasteiger partial charge in [-0.2, -0.15) is 0 Å². The lowest BCUT2D eigenvalue weighted by Crippen LogP contribution is -2.02. The molecule has 1 atom stereocenters. The topological polar surface area (TPSA) is 17.1 Å². The van der Waals surface area contributed by atoms with E-state index >= 15 is 0 Å². The van der Waals surface area contributed by atoms with Crippen molar-refractivity contribution in [1.82, 2.24) is 0 Å². The molecule has 0 heterocycles. The number of rotatable bonds is 1. The number of halogens is 2. The lowest BCUT2D eigenvalue weighted by Gasteiger charge is -2.01. The molecule has 0 aliphatic heterocycles. The number of benzene rings is 1. The Kier molecular flexibility index (Phi) is 3.36. The second-order valence-electron chi connectivity index (χ2n) is 4.14. The third kappa shape index (κ3) is 2.31. The molecular weight excluding hydrogens is 243 g/mol. The second-order valence-corrected chi connectivity index (χ2v) is 4.98. The number of carbonyl (C=O) groups excluding carboxylic acids is 1. The van der Waals surface area contributed by atoms with Crippen molar-refractivity contribution in [3.63, 3.8) is 0 Å². The molecule has 1 aliphatic rings. The molecule has 0 radical (unpaired) electrons. The lowest BCUT2D eigenvalue weighted by molar-refractivity contribution is -0.117. The summed E-state index contributed by atoms with van der Waals surface area (Å²) in [6.45, 7) is 1.96. The summed E-state index contributed by atoms with van der Waals surface area (Å²) >= 11 is 11.9. The van der Waals surface area contributed by atoms with Crippen LogP contribution in [-0.2, 0) is 4.79 Å². The molecule has 0 spiro atoms. The standard InChI is InChI=1S/C13H12Cl2O/c1-8-2-3-10(13(8)16)6-9-4-5-11(14)7-12(9)15/h4-8H,2-3H2,1H3/b10-6+. The van der Waals surface area contributed by atoms with Gasteiger partial charge in [0.05, 0.1) is 0 Å². The number of hydrogen-bond donors (Lipinski definition) is 0. The summed E-state index contributed by atoms with van der Waals surface area (Å²) in [4.78, 5) is 11.8. The van der Waals surface area contributed by atoms with Gasteiger partial charge in [-0.3, -0.25) is 4.79 Å². The van der Waals surface area contributed by atoms with Crippen LogP contribution in [0.1, 0.15) is 25.3 Å². The van der Waals surface area contributed by atoms with E-state index in [1.54, 1.807) is 12.1 Å². The van der Waals surface area contributed by atoms with Gasteiger partial charge in [0.1, 0.15) is 0 Å². The van der Waals surface area contributed by atoms with E-state index in [1.807, 2.05) is 19.1 Å². The number of Topliss-reactive ketones (excluding diaryl/α,β-unsaturated/α-hetero) is 1. The largest absolute Gasteiger partial charge is 0.294 e. The predicted molar refractivity (Wildman–Crippen MR) is 67.8 cm³/mol. The van der Waals surface area contributed by atoms with Gasteiger partial charge in [-0.25, -0.2) is 0 Å². The van der Waals surface area contributed by atoms with Crippen LogP contribution in [0, 0.1) is 5.92 Å². The molecule has 0 saturated heterocycles. The average molecular weight is 255 g/mol. The van der Waals surface area contributed by atoms with Gasteiger partial charge in [-0.1, -0.05) is 36.2 Å². The van der Waals surface area contributed by atoms with Gasteiger partial charge >= 0.3 is 0 Å². The van der Waals surface area contributed by atoms with E-state index < -0.39 is 0 Å². The molecule has 1 aromatic rings. The van der Waals surface area contributed by atoms with Crippen LogP contribution in [0.2, 0.25) is 10.0 Å². The SMILES string of the molecule is CC1CC/C(=C\c2ccc(Cl)cc2Cl)C1=O. The van der Waals surface area contributed by atoms with Crippen LogP contribution in [0.15, 0.2) is 23.8 Å². The van der Waals surface area contributed by atoms with Crippen LogP contribution in [0.25, 0.3) is 6.08 Å². The fraction of sp³-hybridized carbons (Fsp3) is 0.308. The van der Waals surface area contributed by atoms with Crippen molar-refractivity contribution in [2.45, 2.75) is 19.8 Å². The van der Waals surface area contributed by atoms with E-state index in [-0.39, 0.29) is 11.7 Å². The molecular formula is C13H12Cl2O. The van der Waals surface area contributed by atoms with E-state index in [2.05, 4.69) is 0 Å². The Hall–Kier alpha value is -0.790. The van der Waals surface area contributed by atoms with Gasteiger partial charge in [-0.05, 0) is 42.2 Å². The van der Waals surface area contributed by atoms with Gasteiger partial charge in [-0.15, -0.1) is 0 Å². The minimum Gasteiger partial charge on any atom is -0.294 e. The molecule has 16 heavy (non-hydrogen) atoms. The van der Waals surface area contributed by atoms with Crippen LogP contribution in [0.4, 0.5) is 0 Å². The summed E-state index contributed by atoms with van der Waals surface area (Å²) in [5, 5.41) is 1.20. The van der Waals surface area contributed by atoms with Crippen molar-refractivity contribution in [3.8, 4) is 0 Å². The van der Waals surface area contributed by atoms with Crippen molar-refractivity contribution in [1.29, 1.82) is 0 Å². The highest BCUT2D eigenvalue weighted by Crippen LogP contribution is 2.30. The number of ketones is 1. The van der Waals surface area contributed by atoms with Crippen LogP contribution < -0.4 is 0 Å². The first-order chi connectivity index (χ1) is 7.58. The molecule has 1 nitrogen and oxygen atoms in total. The Morgan fingerprint density at radius 3 is 2.69 bits per heavy atom. The highest BCUT2D eigenvalue weighted by atomic mass is 35.5. The van der Waals surface area contributed by atoms with Gasteiger partial charge < -0.3 is 0 Å². The van der Waals surface area contributed by atoms with Gasteiger partial charge in [0.25, 0.3) is 0 Å². The summed E-state index contributed by atoms with van der Waals surface area (Å²) in [6, 6.07) is 5.31. The van der Waals surface area contributed by atoms with Crippen molar-refractivity contribution in [2.75, 3.05) is 0 Å². The molecule has 1 aromatic carbocycles. The van der Waals surface area contributed by atoms with E-state index in [0.717, 1.165) is 24.0 Å². The Morgan fingerprint density at radius 1 is 1.38 bits per heavy atom. The summed E-state index contributed by atoms with van der Waals surface area (Å²) < 4.78 is 0. The van der Waals surface area contributed by atoms with Crippen molar-refractivity contribution >= 4 is 35.1 Å². The maximum Gasteiger partial charge on any atom is 0.161 e. The highest BCUT2D eigenvalue weighted by Gasteiger charge is 2.25. The van der Waals surface area contributed by atoms with E-state index in [4.69, 9.17) is 23.2 Å². The summed E-state index contributed by atoms with van der Waals surface area (Å²) in [6.07, 6.45) is 3.67. The highest BCUT2D eigenvalue weighted by molar-refractivity contribution is 6.35. The van der Waals surface area contributed by atoms with Crippen LogP contribution in [0.5, 0.6) is 0 Å². The number of carbonyl (C=O) groups is 1. The lowest BCUT2D eigenvalue weighted by atomic mass is 10.1. The fourth-order valence-electron chi connectivity index (χ4n) is 1.89. The molecule has 84 valence electrons. The Morgan fingerprint density at radius 2 is 2.12 bits per heavy atom. The smallest absolute Gasteiger partial charge is 0.161 e. The molecule has 1 saturated carbocycles. The average Bonchev–Trinajstić information content (AvgIpc) is 2.54. The third-order valence-electron chi connectivity index (χ3n) is 2.90. The van der Waals surface area contributed by atoms with Crippen LogP contribution >= 0.6 is 23.2 Å². The minimum atomic E-state index is 0.150. The molecule has 1 aliphatic carbocycles. The predicted octanol–water partition coefficient (Wildman–Crippen LogP) is 4.38. The van der Waals surface area contributed by atoms with E-state index in [9.17, 15) is 4.79 Å². The van der Waals surface area contributed by atoms with Gasteiger partial charge in [0.2, 0.25) is 0 Å². The summed E-state index contributed by atoms with van der Waals surface area (Å²) in [5.41, 5.74) is 1.74. The van der Waals surface area contributed by atoms with Gasteiger partial charge in [0.15, 0.2) is 5.78 Å². The van der Waals surface area contributed by atoms with Crippen LogP contribution in [-0.4, -0.2) is 5.78 Å². The molecule has 0 aromatic heterocycles. The maximum atomic E-state index is 11.8. The number of hydrogen-bond acceptors (Lipinski definition) is 1. The minimum absolute atomic E-state index is 0.150. The Labute approximate surface area is 105 Å². The van der Waals surface area contributed by atoms with E-state index in [1.165, 1.54) is 0 Å². The third-order valence-corrected chi connectivity index (χ3v) is 3.47. The Balaban J connectivity index is 2.33. The zero-order valence-electron chi connectivity index (χ0n) is 8.97. The first-order valence-corrected chi connectivity index (χ1v) is 6.03. The monoisotopic (exact) mass is 254 g/mol. The molecule has 2 rings (SSSR count). The normalized spacial score (nSPS) is 23.1. The quantitative estimate of drug-likeness (QED) is 0.681. The summed E-state index contributed by atoms with van der Waals surface area (Å²) in [5.74, 6) is 0.392. The first kappa shape index (κ1) is 11.7. The van der Waals surface area contributed by atoms with Gasteiger partial charge in [0, 0.05) is 16.0 Å². The molecule has 3 heteroatoms. The molecule has 1 unspecified atom stereocenters. The van der Waals surface area contributed by atoms with Crippen molar-refractivity contribution < 1.29 is 4.79 Å². The molecule has 1 fully saturated rings. The van der Waals surface area contributed by atoms with Crippen molar-refractivity contribution in [2.24, 2.45) is 5.92 Å². The summed E-state index contributed by atoms with van der Waals surface area (Å²) in [7, 11) is 0. The van der Waals surface area contributed by atoms with E-state index in [0.29, 0.717) is 10.0 Å². The zero-order chi connectivity index (χ0) is 11.7. The van der Waals surface area contributed by atoms with Crippen molar-refractivity contribution in [3.05, 3.63) is 39.4 Å². The first-order valence-electron chi connectivity index (χ1n) is 5.28. The second kappa shape index (κ2) is 4.60. The molecule has 0 amide bonds. The van der Waals surface area contributed by atoms with Crippen LogP contribution in [0.3, 0.4) is 0 Å². The number of allylic oxidation sites excluding steroid dienone is 1. The zero-order valence-corrected chi connectivity index (χ0v) is 10.5. The molecule has 0 N–H and O–H groups in total.